The van der Waals surface area contributed by atoms with Gasteiger partial charge in [0.1, 0.15) is 6.17 Å². The largest absolute Gasteiger partial charge is 0.385 e. The zero-order chi connectivity index (χ0) is 44.1. The molecule has 4 amide bonds. The summed E-state index contributed by atoms with van der Waals surface area (Å²) in [6, 6.07) is 16.2. The van der Waals surface area contributed by atoms with E-state index in [-0.39, 0.29) is 50.9 Å². The Bertz CT molecular complexity index is 2730. The van der Waals surface area contributed by atoms with Crippen LogP contribution in [0.4, 0.5) is 40.8 Å². The van der Waals surface area contributed by atoms with Gasteiger partial charge in [0.2, 0.25) is 5.91 Å². The molecule has 64 heavy (non-hydrogen) atoms. The molecule has 3 aromatic heterocycles. The van der Waals surface area contributed by atoms with E-state index in [1.807, 2.05) is 53.6 Å². The van der Waals surface area contributed by atoms with Crippen LogP contribution in [0.5, 0.6) is 0 Å². The number of alkyl halides is 3. The Labute approximate surface area is 370 Å². The van der Waals surface area contributed by atoms with Crippen molar-refractivity contribution in [3.05, 3.63) is 94.4 Å². The highest BCUT2D eigenvalue weighted by Crippen LogP contribution is 2.53. The lowest BCUT2D eigenvalue weighted by atomic mass is 9.67. The molecule has 1 spiro atoms. The lowest BCUT2D eigenvalue weighted by Crippen LogP contribution is -2.73. The molecule has 0 bridgehead atoms. The molecule has 5 aromatic rings. The highest BCUT2D eigenvalue weighted by Gasteiger charge is 2.65. The number of imidazole rings is 1. The van der Waals surface area contributed by atoms with Crippen LogP contribution in [-0.2, 0) is 28.0 Å². The number of carbonyl (C=O) groups is 3. The Morgan fingerprint density at radius 3 is 2.48 bits per heavy atom. The molecule has 8 heterocycles. The summed E-state index contributed by atoms with van der Waals surface area (Å²) < 4.78 is 53.5. The van der Waals surface area contributed by atoms with E-state index in [0.29, 0.717) is 60.3 Å². The van der Waals surface area contributed by atoms with Crippen LogP contribution in [0.15, 0.2) is 67.0 Å². The normalized spacial score (nSPS) is 23.4. The van der Waals surface area contributed by atoms with Crippen molar-refractivity contribution >= 4 is 58.0 Å². The molecule has 332 valence electrons. The van der Waals surface area contributed by atoms with Crippen LogP contribution in [0, 0.1) is 5.41 Å². The van der Waals surface area contributed by atoms with Crippen LogP contribution >= 0.6 is 11.6 Å². The van der Waals surface area contributed by atoms with Crippen molar-refractivity contribution in [1.82, 2.24) is 40.0 Å². The van der Waals surface area contributed by atoms with Crippen LogP contribution in [0.25, 0.3) is 16.9 Å². The summed E-state index contributed by atoms with van der Waals surface area (Å²) in [6.07, 6.45) is 3.74. The maximum atomic E-state index is 16.4. The van der Waals surface area contributed by atoms with Gasteiger partial charge < -0.3 is 20.3 Å². The van der Waals surface area contributed by atoms with E-state index < -0.39 is 47.6 Å². The Kier molecular flexibility index (Phi) is 9.68. The number of rotatable bonds is 10. The minimum absolute atomic E-state index is 0.136. The van der Waals surface area contributed by atoms with Crippen molar-refractivity contribution < 1.29 is 32.3 Å². The number of hydrogen-bond donors (Lipinski definition) is 3. The van der Waals surface area contributed by atoms with Crippen LogP contribution in [0.1, 0.15) is 46.4 Å². The Morgan fingerprint density at radius 2 is 1.78 bits per heavy atom. The van der Waals surface area contributed by atoms with Crippen molar-refractivity contribution in [3.8, 4) is 11.3 Å². The number of ether oxygens (including phenoxy) is 1. The highest BCUT2D eigenvalue weighted by molar-refractivity contribution is 6.34. The molecule has 1 unspecified atom stereocenters. The fraction of sp³-hybridized carbons (Fsp3) is 0.422. The summed E-state index contributed by atoms with van der Waals surface area (Å²) in [6.45, 7) is 2.39. The first-order chi connectivity index (χ1) is 30.8. The molecule has 6 aliphatic rings. The maximum absolute atomic E-state index is 16.4. The molecule has 19 heteroatoms. The average Bonchev–Trinajstić information content (AvgIpc) is 3.57. The average molecular weight is 896 g/mol. The number of urea groups is 1. The predicted octanol–water partition coefficient (Wildman–Crippen LogP) is 5.54. The Balaban J connectivity index is 0.755. The zero-order valence-corrected chi connectivity index (χ0v) is 35.7. The van der Waals surface area contributed by atoms with Gasteiger partial charge in [0.25, 0.3) is 11.8 Å². The maximum Gasteiger partial charge on any atom is 0.328 e. The van der Waals surface area contributed by atoms with Crippen molar-refractivity contribution in [2.45, 2.75) is 55.9 Å². The number of nitrogens with one attached hydrogen (secondary N) is 3. The van der Waals surface area contributed by atoms with E-state index in [9.17, 15) is 18.8 Å². The predicted molar refractivity (Wildman–Crippen MR) is 232 cm³/mol. The molecule has 1 aliphatic carbocycles. The molecule has 2 atom stereocenters. The first-order valence-electron chi connectivity index (χ1n) is 21.6. The number of fused-ring (bicyclic) bond motifs is 2. The molecular formula is C45H45ClF3N11O4. The quantitative estimate of drug-likeness (QED) is 0.162. The number of carbonyl (C=O) groups excluding carboxylic acids is 3. The van der Waals surface area contributed by atoms with Gasteiger partial charge in [0.15, 0.2) is 17.2 Å². The van der Waals surface area contributed by atoms with Crippen LogP contribution in [-0.4, -0.2) is 125 Å². The van der Waals surface area contributed by atoms with E-state index in [4.69, 9.17) is 26.4 Å². The van der Waals surface area contributed by atoms with E-state index in [1.54, 1.807) is 19.2 Å². The van der Waals surface area contributed by atoms with E-state index in [1.165, 1.54) is 15.6 Å². The number of benzene rings is 2. The van der Waals surface area contributed by atoms with E-state index >= 15 is 8.78 Å². The number of aromatic nitrogens is 4. The summed E-state index contributed by atoms with van der Waals surface area (Å²) in [5.41, 5.74) is 5.46. The van der Waals surface area contributed by atoms with Gasteiger partial charge in [-0.15, -0.1) is 5.10 Å². The summed E-state index contributed by atoms with van der Waals surface area (Å²) in [5, 5.41) is 13.4. The van der Waals surface area contributed by atoms with Gasteiger partial charge in [0, 0.05) is 82.7 Å². The van der Waals surface area contributed by atoms with Crippen LogP contribution < -0.4 is 25.8 Å². The van der Waals surface area contributed by atoms with Gasteiger partial charge in [-0.3, -0.25) is 34.6 Å². The van der Waals surface area contributed by atoms with Crippen molar-refractivity contribution in [3.63, 3.8) is 0 Å². The zero-order valence-electron chi connectivity index (χ0n) is 34.9. The summed E-state index contributed by atoms with van der Waals surface area (Å²) in [4.78, 5) is 54.2. The molecule has 4 saturated heterocycles. The minimum Gasteiger partial charge on any atom is -0.385 e. The van der Waals surface area contributed by atoms with Crippen molar-refractivity contribution in [1.29, 1.82) is 0 Å². The lowest BCUT2D eigenvalue weighted by molar-refractivity contribution is -0.258. The third kappa shape index (κ3) is 6.67. The first kappa shape index (κ1) is 40.9. The number of imide groups is 1. The number of pyridine rings is 1. The fourth-order valence-corrected chi connectivity index (χ4v) is 10.4. The molecule has 2 aromatic carbocycles. The third-order valence-corrected chi connectivity index (χ3v) is 14.3. The molecule has 5 fully saturated rings. The van der Waals surface area contributed by atoms with Crippen molar-refractivity contribution in [2.75, 3.05) is 74.6 Å². The number of nitrogens with zero attached hydrogens (tertiary/aromatic N) is 8. The van der Waals surface area contributed by atoms with Gasteiger partial charge >= 0.3 is 6.03 Å². The molecular weight excluding hydrogens is 851 g/mol. The SMILES string of the molecule is CNc1cc(N2CCc3c(-c4ccc(CN5CC6(CCN(C7(c8ccc(Cl)c(N9CCC(=O)NC9=O)c8)COC7)CC6(F)F)C5)cn4)cccc32)nn2c(C(=O)NC3C[C@@H]3F)cnc12. The Morgan fingerprint density at radius 1 is 0.969 bits per heavy atom. The van der Waals surface area contributed by atoms with Gasteiger partial charge in [-0.2, -0.15) is 0 Å². The number of likely N-dealkylation sites (tertiary alicyclic amines) is 2. The van der Waals surface area contributed by atoms with Gasteiger partial charge in [-0.05, 0) is 53.8 Å². The number of piperidine rings is 1. The third-order valence-electron chi connectivity index (χ3n) is 14.0. The van der Waals surface area contributed by atoms with E-state index in [2.05, 4.69) is 30.7 Å². The highest BCUT2D eigenvalue weighted by atomic mass is 35.5. The summed E-state index contributed by atoms with van der Waals surface area (Å²) in [5.74, 6) is -3.12. The van der Waals surface area contributed by atoms with Gasteiger partial charge in [-0.1, -0.05) is 35.9 Å². The topological polar surface area (TPSA) is 153 Å². The number of hydrogen-bond acceptors (Lipinski definition) is 11. The van der Waals surface area contributed by atoms with Crippen LogP contribution in [0.3, 0.4) is 0 Å². The molecule has 0 radical (unpaired) electrons. The second-order valence-corrected chi connectivity index (χ2v) is 18.3. The fourth-order valence-electron chi connectivity index (χ4n) is 10.2. The second kappa shape index (κ2) is 15.1. The van der Waals surface area contributed by atoms with Crippen LogP contribution in [0.2, 0.25) is 5.02 Å². The molecule has 1 saturated carbocycles. The molecule has 5 aliphatic heterocycles. The molecule has 11 rings (SSSR count). The van der Waals surface area contributed by atoms with E-state index in [0.717, 1.165) is 40.1 Å². The minimum atomic E-state index is -2.96. The smallest absolute Gasteiger partial charge is 0.328 e. The number of anilines is 4. The first-order valence-corrected chi connectivity index (χ1v) is 21.9. The summed E-state index contributed by atoms with van der Waals surface area (Å²) >= 11 is 6.53. The molecule has 15 nitrogen and oxygen atoms in total. The monoisotopic (exact) mass is 895 g/mol. The Hall–Kier alpha value is -5.82. The lowest BCUT2D eigenvalue weighted by Gasteiger charge is -2.61. The standard InChI is InChI=1S/C45H45ClF3N11O4/c1-50-34-17-38(55-60-37(19-52-40(34)60)41(62)53-33-16-31(33)47)58-12-9-29-28(3-2-4-35(29)58)32-8-5-26(18-51-32)20-56-21-43(22-56)11-14-57(23-45(43,48)49)44(24-64-25-44)27-6-7-30(46)36(15-27)59-13-10-39(61)54-42(59)63/h2-8,15,17-19,31,33,50H,9-14,16,20-25H2,1H3,(H,53,62)(H,54,61,63)/t31-,33?/m0/s1. The summed E-state index contributed by atoms with van der Waals surface area (Å²) in [7, 11) is 1.78. The number of amides is 4. The molecule has 3 N–H and O–H groups in total. The number of halogens is 4. The second-order valence-electron chi connectivity index (χ2n) is 17.9. The van der Waals surface area contributed by atoms with Gasteiger partial charge in [0.05, 0.1) is 65.0 Å². The van der Waals surface area contributed by atoms with Crippen molar-refractivity contribution in [2.24, 2.45) is 5.41 Å². The van der Waals surface area contributed by atoms with Gasteiger partial charge in [-0.25, -0.2) is 27.5 Å².